The van der Waals surface area contributed by atoms with E-state index in [4.69, 9.17) is 0 Å². The predicted octanol–water partition coefficient (Wildman–Crippen LogP) is 3.43. The van der Waals surface area contributed by atoms with E-state index in [1.807, 2.05) is 0 Å². The molecule has 3 rings (SSSR count). The van der Waals surface area contributed by atoms with Crippen molar-refractivity contribution in [3.05, 3.63) is 35.4 Å². The number of aryl methyl sites for hydroxylation is 1. The molecule has 0 amide bonds. The van der Waals surface area contributed by atoms with Gasteiger partial charge in [-0.3, -0.25) is 4.90 Å². The highest BCUT2D eigenvalue weighted by atomic mass is 15.3. The van der Waals surface area contributed by atoms with Crippen LogP contribution in [0.15, 0.2) is 24.3 Å². The summed E-state index contributed by atoms with van der Waals surface area (Å²) >= 11 is 0. The van der Waals surface area contributed by atoms with Gasteiger partial charge in [0.25, 0.3) is 0 Å². The Morgan fingerprint density at radius 1 is 1.00 bits per heavy atom. The Morgan fingerprint density at radius 3 is 2.38 bits per heavy atom. The van der Waals surface area contributed by atoms with Crippen LogP contribution in [0.25, 0.3) is 0 Å². The number of hydrogen-bond donors (Lipinski definition) is 1. The maximum absolute atomic E-state index is 3.82. The molecule has 0 bridgehead atoms. The lowest BCUT2D eigenvalue weighted by Gasteiger charge is -2.50. The molecule has 1 aromatic carbocycles. The van der Waals surface area contributed by atoms with Crippen LogP contribution >= 0.6 is 0 Å². The van der Waals surface area contributed by atoms with Crippen molar-refractivity contribution in [2.75, 3.05) is 39.3 Å². The van der Waals surface area contributed by atoms with Crippen molar-refractivity contribution in [2.45, 2.75) is 58.0 Å². The lowest BCUT2D eigenvalue weighted by molar-refractivity contribution is 0.00883. The van der Waals surface area contributed by atoms with E-state index in [9.17, 15) is 0 Å². The third-order valence-corrected chi connectivity index (χ3v) is 6.31. The summed E-state index contributed by atoms with van der Waals surface area (Å²) in [6.07, 6.45) is 6.98. The second-order valence-corrected chi connectivity index (χ2v) is 7.74. The van der Waals surface area contributed by atoms with Crippen molar-refractivity contribution in [1.82, 2.24) is 15.1 Å². The van der Waals surface area contributed by atoms with E-state index in [2.05, 4.69) is 53.2 Å². The fourth-order valence-corrected chi connectivity index (χ4v) is 4.59. The third kappa shape index (κ3) is 4.19. The van der Waals surface area contributed by atoms with E-state index < -0.39 is 0 Å². The van der Waals surface area contributed by atoms with E-state index in [1.54, 1.807) is 0 Å². The molecule has 2 fully saturated rings. The summed E-state index contributed by atoms with van der Waals surface area (Å²) in [7, 11) is 0. The first kappa shape index (κ1) is 17.9. The molecule has 1 saturated carbocycles. The number of benzene rings is 1. The summed E-state index contributed by atoms with van der Waals surface area (Å²) in [6, 6.07) is 8.77. The Morgan fingerprint density at radius 2 is 1.71 bits per heavy atom. The second-order valence-electron chi connectivity index (χ2n) is 7.74. The van der Waals surface area contributed by atoms with Crippen molar-refractivity contribution in [3.63, 3.8) is 0 Å². The highest BCUT2D eigenvalue weighted by Gasteiger charge is 2.38. The summed E-state index contributed by atoms with van der Waals surface area (Å²) in [5.74, 6) is 0. The Hall–Kier alpha value is -0.900. The van der Waals surface area contributed by atoms with Crippen molar-refractivity contribution >= 4 is 0 Å². The highest BCUT2D eigenvalue weighted by molar-refractivity contribution is 5.25. The number of nitrogens with one attached hydrogen (secondary N) is 1. The van der Waals surface area contributed by atoms with Crippen LogP contribution in [0, 0.1) is 6.92 Å². The van der Waals surface area contributed by atoms with Gasteiger partial charge in [-0.25, -0.2) is 0 Å². The predicted molar refractivity (Wildman–Crippen MR) is 102 cm³/mol. The van der Waals surface area contributed by atoms with Gasteiger partial charge in [-0.1, -0.05) is 50.5 Å². The van der Waals surface area contributed by atoms with E-state index in [1.165, 1.54) is 76.0 Å². The lowest BCUT2D eigenvalue weighted by Crippen LogP contribution is -2.61. The average Bonchev–Trinajstić information content (AvgIpc) is 2.64. The molecule has 3 heteroatoms. The Labute approximate surface area is 148 Å². The summed E-state index contributed by atoms with van der Waals surface area (Å²) in [5.41, 5.74) is 3.25. The molecule has 0 spiro atoms. The maximum atomic E-state index is 3.82. The molecule has 1 heterocycles. The van der Waals surface area contributed by atoms with Crippen molar-refractivity contribution in [2.24, 2.45) is 0 Å². The van der Waals surface area contributed by atoms with Gasteiger partial charge in [-0.15, -0.1) is 0 Å². The lowest BCUT2D eigenvalue weighted by atomic mass is 9.79. The van der Waals surface area contributed by atoms with Gasteiger partial charge >= 0.3 is 0 Å². The monoisotopic (exact) mass is 329 g/mol. The average molecular weight is 330 g/mol. The topological polar surface area (TPSA) is 18.5 Å². The van der Waals surface area contributed by atoms with Gasteiger partial charge < -0.3 is 10.2 Å². The van der Waals surface area contributed by atoms with Crippen LogP contribution in [0.5, 0.6) is 0 Å². The highest BCUT2D eigenvalue weighted by Crippen LogP contribution is 2.34. The zero-order valence-electron chi connectivity index (χ0n) is 15.7. The quantitative estimate of drug-likeness (QED) is 0.863. The molecule has 24 heavy (non-hydrogen) atoms. The number of rotatable bonds is 6. The van der Waals surface area contributed by atoms with Crippen LogP contribution in [0.4, 0.5) is 0 Å². The van der Waals surface area contributed by atoms with Gasteiger partial charge in [-0.2, -0.15) is 0 Å². The molecule has 1 aliphatic heterocycles. The van der Waals surface area contributed by atoms with E-state index in [0.29, 0.717) is 5.54 Å². The molecule has 134 valence electrons. The fourth-order valence-electron chi connectivity index (χ4n) is 4.59. The smallest absolute Gasteiger partial charge is 0.0335 e. The second kappa shape index (κ2) is 8.46. The van der Waals surface area contributed by atoms with Crippen molar-refractivity contribution in [1.29, 1.82) is 0 Å². The van der Waals surface area contributed by atoms with Gasteiger partial charge in [0.05, 0.1) is 0 Å². The molecule has 0 radical (unpaired) electrons. The summed E-state index contributed by atoms with van der Waals surface area (Å²) in [5, 5.41) is 3.82. The molecule has 1 N–H and O–H groups in total. The molecule has 3 nitrogen and oxygen atoms in total. The zero-order valence-corrected chi connectivity index (χ0v) is 15.7. The third-order valence-electron chi connectivity index (χ3n) is 6.31. The zero-order chi connectivity index (χ0) is 16.8. The van der Waals surface area contributed by atoms with Crippen LogP contribution < -0.4 is 5.32 Å². The molecular formula is C21H35N3. The number of nitrogens with zero attached hydrogens (tertiary/aromatic N) is 2. The minimum Gasteiger partial charge on any atom is -0.311 e. The van der Waals surface area contributed by atoms with E-state index >= 15 is 0 Å². The molecule has 1 aromatic rings. The van der Waals surface area contributed by atoms with Gasteiger partial charge in [-0.05, 0) is 37.4 Å². The van der Waals surface area contributed by atoms with Crippen LogP contribution in [-0.2, 0) is 6.54 Å². The Bertz CT molecular complexity index is 500. The Balaban J connectivity index is 1.60. The number of hydrogen-bond acceptors (Lipinski definition) is 3. The van der Waals surface area contributed by atoms with Crippen LogP contribution in [0.3, 0.4) is 0 Å². The summed E-state index contributed by atoms with van der Waals surface area (Å²) < 4.78 is 0. The first-order valence-electron chi connectivity index (χ1n) is 9.96. The molecular weight excluding hydrogens is 294 g/mol. The van der Waals surface area contributed by atoms with Crippen LogP contribution in [-0.4, -0.2) is 54.6 Å². The number of piperazine rings is 1. The standard InChI is InChI=1S/C21H35N3/c1-3-23-13-15-24(16-14-23)21(11-7-4-8-12-21)18-22-17-20-10-6-5-9-19(20)2/h5-6,9-10,22H,3-4,7-8,11-18H2,1-2H3. The molecule has 0 aromatic heterocycles. The van der Waals surface area contributed by atoms with Crippen molar-refractivity contribution < 1.29 is 0 Å². The summed E-state index contributed by atoms with van der Waals surface area (Å²) in [4.78, 5) is 5.41. The van der Waals surface area contributed by atoms with Crippen LogP contribution in [0.1, 0.15) is 50.2 Å². The molecule has 0 atom stereocenters. The van der Waals surface area contributed by atoms with E-state index in [0.717, 1.165) is 13.1 Å². The van der Waals surface area contributed by atoms with Gasteiger partial charge in [0, 0.05) is 44.8 Å². The Kier molecular flexibility index (Phi) is 6.31. The minimum atomic E-state index is 0.404. The molecule has 1 saturated heterocycles. The van der Waals surface area contributed by atoms with E-state index in [-0.39, 0.29) is 0 Å². The maximum Gasteiger partial charge on any atom is 0.0335 e. The summed E-state index contributed by atoms with van der Waals surface area (Å²) in [6.45, 7) is 12.8. The molecule has 1 aliphatic carbocycles. The normalized spacial score (nSPS) is 22.6. The fraction of sp³-hybridized carbons (Fsp3) is 0.714. The largest absolute Gasteiger partial charge is 0.311 e. The van der Waals surface area contributed by atoms with Crippen LogP contribution in [0.2, 0.25) is 0 Å². The van der Waals surface area contributed by atoms with Gasteiger partial charge in [0.2, 0.25) is 0 Å². The SMILES string of the molecule is CCN1CCN(C2(CNCc3ccccc3C)CCCCC2)CC1. The molecule has 2 aliphatic rings. The number of likely N-dealkylation sites (N-methyl/N-ethyl adjacent to an activating group) is 1. The minimum absolute atomic E-state index is 0.404. The van der Waals surface area contributed by atoms with Crippen molar-refractivity contribution in [3.8, 4) is 0 Å². The first-order valence-corrected chi connectivity index (χ1v) is 9.96. The van der Waals surface area contributed by atoms with Gasteiger partial charge in [0.15, 0.2) is 0 Å². The van der Waals surface area contributed by atoms with Gasteiger partial charge in [0.1, 0.15) is 0 Å². The molecule has 0 unspecified atom stereocenters. The first-order chi connectivity index (χ1) is 11.7.